The maximum atomic E-state index is 13.8. The topological polar surface area (TPSA) is 59.6 Å². The summed E-state index contributed by atoms with van der Waals surface area (Å²) in [5, 5.41) is 0. The van der Waals surface area contributed by atoms with Gasteiger partial charge in [-0.2, -0.15) is 0 Å². The van der Waals surface area contributed by atoms with Crippen LogP contribution in [0.3, 0.4) is 0 Å². The second kappa shape index (κ2) is 5.38. The third-order valence-electron chi connectivity index (χ3n) is 3.82. The van der Waals surface area contributed by atoms with Gasteiger partial charge in [-0.05, 0) is 19.4 Å². The molecule has 0 amide bonds. The smallest absolute Gasteiger partial charge is 0.324 e. The second-order valence-corrected chi connectivity index (χ2v) is 4.96. The zero-order chi connectivity index (χ0) is 14.1. The standard InChI is InChI=1S/C14H17FN2O3/c1-2-19-14(18)12-8-6-7-20-13-9(11(8)16-17-12)4-3-5-10(13)15/h3-5,8,11-12,16-17H,2,6-7H2,1H3. The van der Waals surface area contributed by atoms with Gasteiger partial charge in [0.15, 0.2) is 11.6 Å². The van der Waals surface area contributed by atoms with Crippen LogP contribution in [0.5, 0.6) is 5.75 Å². The van der Waals surface area contributed by atoms with Gasteiger partial charge in [0, 0.05) is 11.5 Å². The maximum absolute atomic E-state index is 13.8. The molecular weight excluding hydrogens is 263 g/mol. The minimum atomic E-state index is -0.433. The Morgan fingerprint density at radius 1 is 1.50 bits per heavy atom. The molecule has 2 aliphatic heterocycles. The van der Waals surface area contributed by atoms with E-state index in [-0.39, 0.29) is 29.5 Å². The zero-order valence-electron chi connectivity index (χ0n) is 11.2. The molecule has 5 nitrogen and oxygen atoms in total. The summed E-state index contributed by atoms with van der Waals surface area (Å²) in [6.07, 6.45) is 0.655. The van der Waals surface area contributed by atoms with E-state index in [0.717, 1.165) is 5.56 Å². The first-order valence-electron chi connectivity index (χ1n) is 6.81. The Hall–Kier alpha value is -1.66. The molecule has 0 bridgehead atoms. The van der Waals surface area contributed by atoms with Gasteiger partial charge in [0.25, 0.3) is 0 Å². The molecule has 2 aliphatic rings. The number of hydrazine groups is 1. The predicted molar refractivity (Wildman–Crippen MR) is 69.4 cm³/mol. The van der Waals surface area contributed by atoms with Gasteiger partial charge in [0.1, 0.15) is 6.04 Å². The molecule has 3 unspecified atom stereocenters. The van der Waals surface area contributed by atoms with Gasteiger partial charge in [-0.3, -0.25) is 4.79 Å². The highest BCUT2D eigenvalue weighted by molar-refractivity contribution is 5.76. The first-order valence-corrected chi connectivity index (χ1v) is 6.81. The number of nitrogens with one attached hydrogen (secondary N) is 2. The lowest BCUT2D eigenvalue weighted by Gasteiger charge is -2.19. The van der Waals surface area contributed by atoms with Crippen LogP contribution in [-0.4, -0.2) is 25.2 Å². The first-order chi connectivity index (χ1) is 9.72. The van der Waals surface area contributed by atoms with E-state index in [0.29, 0.717) is 19.6 Å². The molecule has 1 aromatic rings. The predicted octanol–water partition coefficient (Wildman–Crippen LogP) is 1.31. The van der Waals surface area contributed by atoms with Crippen LogP contribution in [0.25, 0.3) is 0 Å². The fourth-order valence-electron chi connectivity index (χ4n) is 2.91. The third kappa shape index (κ3) is 2.14. The summed E-state index contributed by atoms with van der Waals surface area (Å²) in [6.45, 7) is 2.50. The van der Waals surface area contributed by atoms with Crippen molar-refractivity contribution in [1.82, 2.24) is 10.9 Å². The second-order valence-electron chi connectivity index (χ2n) is 4.96. The summed E-state index contributed by atoms with van der Waals surface area (Å²) in [5.41, 5.74) is 6.79. The molecule has 1 fully saturated rings. The molecule has 0 aromatic heterocycles. The Morgan fingerprint density at radius 2 is 2.35 bits per heavy atom. The van der Waals surface area contributed by atoms with Crippen LogP contribution in [0.15, 0.2) is 18.2 Å². The van der Waals surface area contributed by atoms with Gasteiger partial charge >= 0.3 is 5.97 Å². The number of hydrogen-bond acceptors (Lipinski definition) is 5. The van der Waals surface area contributed by atoms with Crippen LogP contribution in [0, 0.1) is 11.7 Å². The molecule has 3 atom stereocenters. The van der Waals surface area contributed by atoms with E-state index in [1.54, 1.807) is 13.0 Å². The fraction of sp³-hybridized carbons (Fsp3) is 0.500. The monoisotopic (exact) mass is 280 g/mol. The highest BCUT2D eigenvalue weighted by atomic mass is 19.1. The van der Waals surface area contributed by atoms with Crippen molar-refractivity contribution in [1.29, 1.82) is 0 Å². The summed E-state index contributed by atoms with van der Waals surface area (Å²) in [7, 11) is 0. The van der Waals surface area contributed by atoms with Crippen molar-refractivity contribution in [3.63, 3.8) is 0 Å². The van der Waals surface area contributed by atoms with Gasteiger partial charge in [-0.15, -0.1) is 0 Å². The number of para-hydroxylation sites is 1. The maximum Gasteiger partial charge on any atom is 0.324 e. The van der Waals surface area contributed by atoms with Crippen LogP contribution >= 0.6 is 0 Å². The molecule has 108 valence electrons. The lowest BCUT2D eigenvalue weighted by Crippen LogP contribution is -2.40. The third-order valence-corrected chi connectivity index (χ3v) is 3.82. The van der Waals surface area contributed by atoms with Crippen LogP contribution in [0.1, 0.15) is 24.9 Å². The molecule has 1 aromatic carbocycles. The van der Waals surface area contributed by atoms with Gasteiger partial charge < -0.3 is 9.47 Å². The molecule has 6 heteroatoms. The van der Waals surface area contributed by atoms with Gasteiger partial charge in [0.2, 0.25) is 0 Å². The Morgan fingerprint density at radius 3 is 3.15 bits per heavy atom. The molecule has 1 saturated heterocycles. The number of rotatable bonds is 2. The number of esters is 1. The van der Waals surface area contributed by atoms with Crippen LogP contribution in [-0.2, 0) is 9.53 Å². The number of carbonyl (C=O) groups is 1. The van der Waals surface area contributed by atoms with E-state index < -0.39 is 6.04 Å². The SMILES string of the molecule is CCOC(=O)C1NNC2c3cccc(F)c3OCCC12. The number of ether oxygens (including phenoxy) is 2. The summed E-state index contributed by atoms with van der Waals surface area (Å²) in [6, 6.07) is 4.27. The molecular formula is C14H17FN2O3. The number of fused-ring (bicyclic) bond motifs is 3. The van der Waals surface area contributed by atoms with Crippen LogP contribution in [0.2, 0.25) is 0 Å². The van der Waals surface area contributed by atoms with Gasteiger partial charge in [-0.1, -0.05) is 12.1 Å². The van der Waals surface area contributed by atoms with E-state index >= 15 is 0 Å². The van der Waals surface area contributed by atoms with Crippen molar-refractivity contribution < 1.29 is 18.7 Å². The minimum Gasteiger partial charge on any atom is -0.490 e. The number of halogens is 1. The number of benzene rings is 1. The Kier molecular flexibility index (Phi) is 3.58. The largest absolute Gasteiger partial charge is 0.490 e. The highest BCUT2D eigenvalue weighted by Gasteiger charge is 2.44. The van der Waals surface area contributed by atoms with Crippen molar-refractivity contribution in [2.24, 2.45) is 5.92 Å². The van der Waals surface area contributed by atoms with Crippen molar-refractivity contribution >= 4 is 5.97 Å². The van der Waals surface area contributed by atoms with Crippen LogP contribution in [0.4, 0.5) is 4.39 Å². The van der Waals surface area contributed by atoms with Crippen LogP contribution < -0.4 is 15.6 Å². The molecule has 20 heavy (non-hydrogen) atoms. The van der Waals surface area contributed by atoms with Crippen molar-refractivity contribution in [3.8, 4) is 5.75 Å². The highest BCUT2D eigenvalue weighted by Crippen LogP contribution is 2.40. The minimum absolute atomic E-state index is 0.0166. The van der Waals surface area contributed by atoms with Crippen molar-refractivity contribution in [2.75, 3.05) is 13.2 Å². The zero-order valence-corrected chi connectivity index (χ0v) is 11.2. The van der Waals surface area contributed by atoms with E-state index in [4.69, 9.17) is 9.47 Å². The summed E-state index contributed by atoms with van der Waals surface area (Å²) < 4.78 is 24.4. The average molecular weight is 280 g/mol. The summed E-state index contributed by atoms with van der Waals surface area (Å²) in [5.74, 6) is -0.396. The molecule has 2 heterocycles. The lowest BCUT2D eigenvalue weighted by molar-refractivity contribution is -0.146. The quantitative estimate of drug-likeness (QED) is 0.800. The molecule has 0 radical (unpaired) electrons. The van der Waals surface area contributed by atoms with Gasteiger partial charge in [0.05, 0.1) is 19.3 Å². The number of carbonyl (C=O) groups excluding carboxylic acids is 1. The van der Waals surface area contributed by atoms with E-state index in [1.807, 2.05) is 6.07 Å². The summed E-state index contributed by atoms with van der Waals surface area (Å²) in [4.78, 5) is 12.0. The Bertz CT molecular complexity index is 523. The van der Waals surface area contributed by atoms with E-state index in [9.17, 15) is 9.18 Å². The normalized spacial score (nSPS) is 28.0. The van der Waals surface area contributed by atoms with Crippen molar-refractivity contribution in [2.45, 2.75) is 25.4 Å². The molecule has 3 rings (SSSR count). The molecule has 0 spiro atoms. The Labute approximate surface area is 116 Å². The summed E-state index contributed by atoms with van der Waals surface area (Å²) >= 11 is 0. The van der Waals surface area contributed by atoms with E-state index in [1.165, 1.54) is 6.07 Å². The van der Waals surface area contributed by atoms with E-state index in [2.05, 4.69) is 10.9 Å². The fourth-order valence-corrected chi connectivity index (χ4v) is 2.91. The molecule has 0 aliphatic carbocycles. The molecule has 0 saturated carbocycles. The molecule has 2 N–H and O–H groups in total. The average Bonchev–Trinajstić information content (AvgIpc) is 2.76. The van der Waals surface area contributed by atoms with Crippen molar-refractivity contribution in [3.05, 3.63) is 29.6 Å². The Balaban J connectivity index is 1.91. The van der Waals surface area contributed by atoms with Gasteiger partial charge in [-0.25, -0.2) is 15.2 Å². The number of hydrogen-bond donors (Lipinski definition) is 2. The first kappa shape index (κ1) is 13.3. The lowest BCUT2D eigenvalue weighted by atomic mass is 9.87.